The van der Waals surface area contributed by atoms with Crippen LogP contribution in [0.4, 0.5) is 0 Å². The summed E-state index contributed by atoms with van der Waals surface area (Å²) in [4.78, 5) is 35.1. The molecule has 2 aromatic heterocycles. The van der Waals surface area contributed by atoms with Gasteiger partial charge in [0.2, 0.25) is 0 Å². The number of H-pyrrole nitrogens is 1. The zero-order valence-corrected chi connectivity index (χ0v) is 13.3. The summed E-state index contributed by atoms with van der Waals surface area (Å²) in [5.74, 6) is 1.17. The Morgan fingerprint density at radius 1 is 1.43 bits per heavy atom. The minimum absolute atomic E-state index is 0.0408. The molecule has 0 spiro atoms. The van der Waals surface area contributed by atoms with Crippen LogP contribution in [0.5, 0.6) is 0 Å². The number of aryl methyl sites for hydroxylation is 2. The second-order valence-corrected chi connectivity index (χ2v) is 6.89. The van der Waals surface area contributed by atoms with E-state index in [0.29, 0.717) is 26.8 Å². The van der Waals surface area contributed by atoms with Crippen LogP contribution in [0.1, 0.15) is 40.8 Å². The SMILES string of the molecule is Cc1nc2sc(C(=O)N3CCCC(C)C3)c(C)c2c(=O)[nH]1. The van der Waals surface area contributed by atoms with Crippen LogP contribution < -0.4 is 5.56 Å². The smallest absolute Gasteiger partial charge is 0.264 e. The van der Waals surface area contributed by atoms with Gasteiger partial charge in [-0.1, -0.05) is 6.92 Å². The third kappa shape index (κ3) is 2.48. The summed E-state index contributed by atoms with van der Waals surface area (Å²) in [6.07, 6.45) is 2.23. The fourth-order valence-electron chi connectivity index (χ4n) is 2.97. The lowest BCUT2D eigenvalue weighted by Gasteiger charge is -2.30. The molecule has 1 saturated heterocycles. The highest BCUT2D eigenvalue weighted by Crippen LogP contribution is 2.29. The Bertz CT molecular complexity index is 762. The quantitative estimate of drug-likeness (QED) is 0.880. The van der Waals surface area contributed by atoms with E-state index < -0.39 is 0 Å². The van der Waals surface area contributed by atoms with Gasteiger partial charge in [0, 0.05) is 13.1 Å². The maximum atomic E-state index is 12.7. The number of carbonyl (C=O) groups excluding carboxylic acids is 1. The zero-order valence-electron chi connectivity index (χ0n) is 12.5. The average molecular weight is 305 g/mol. The standard InChI is InChI=1S/C15H19N3O2S/c1-8-5-4-6-18(7-8)15(20)12-9(2)11-13(19)16-10(3)17-14(11)21-12/h8H,4-7H2,1-3H3,(H,16,17,19). The molecule has 1 fully saturated rings. The number of carbonyl (C=O) groups is 1. The maximum Gasteiger partial charge on any atom is 0.264 e. The fraction of sp³-hybridized carbons (Fsp3) is 0.533. The van der Waals surface area contributed by atoms with Gasteiger partial charge in [-0.3, -0.25) is 9.59 Å². The van der Waals surface area contributed by atoms with E-state index in [2.05, 4.69) is 16.9 Å². The number of thiophene rings is 1. The van der Waals surface area contributed by atoms with Crippen LogP contribution in [0.3, 0.4) is 0 Å². The third-order valence-electron chi connectivity index (χ3n) is 4.06. The first kappa shape index (κ1) is 14.3. The Morgan fingerprint density at radius 3 is 2.90 bits per heavy atom. The summed E-state index contributed by atoms with van der Waals surface area (Å²) in [6, 6.07) is 0. The van der Waals surface area contributed by atoms with Crippen LogP contribution in [-0.4, -0.2) is 33.9 Å². The van der Waals surface area contributed by atoms with Gasteiger partial charge < -0.3 is 9.88 Å². The predicted molar refractivity (Wildman–Crippen MR) is 84.0 cm³/mol. The van der Waals surface area contributed by atoms with Crippen molar-refractivity contribution in [3.63, 3.8) is 0 Å². The Labute approximate surface area is 127 Å². The van der Waals surface area contributed by atoms with Crippen molar-refractivity contribution >= 4 is 27.5 Å². The van der Waals surface area contributed by atoms with Gasteiger partial charge in [0.1, 0.15) is 10.7 Å². The van der Waals surface area contributed by atoms with Gasteiger partial charge in [-0.25, -0.2) is 4.98 Å². The molecular formula is C15H19N3O2S. The molecule has 1 aliphatic heterocycles. The highest BCUT2D eigenvalue weighted by Gasteiger charge is 2.26. The molecule has 1 atom stereocenters. The fourth-order valence-corrected chi connectivity index (χ4v) is 4.17. The van der Waals surface area contributed by atoms with Crippen LogP contribution in [0.25, 0.3) is 10.2 Å². The number of piperidine rings is 1. The lowest BCUT2D eigenvalue weighted by Crippen LogP contribution is -2.39. The van der Waals surface area contributed by atoms with Crippen LogP contribution >= 0.6 is 11.3 Å². The van der Waals surface area contributed by atoms with E-state index in [4.69, 9.17) is 0 Å². The number of likely N-dealkylation sites (tertiary alicyclic amines) is 1. The number of fused-ring (bicyclic) bond motifs is 1. The van der Waals surface area contributed by atoms with Gasteiger partial charge in [0.05, 0.1) is 10.3 Å². The van der Waals surface area contributed by atoms with Crippen molar-refractivity contribution in [1.82, 2.24) is 14.9 Å². The minimum Gasteiger partial charge on any atom is -0.338 e. The van der Waals surface area contributed by atoms with E-state index in [1.807, 2.05) is 11.8 Å². The van der Waals surface area contributed by atoms with Crippen molar-refractivity contribution in [2.24, 2.45) is 5.92 Å². The van der Waals surface area contributed by atoms with E-state index in [0.717, 1.165) is 25.1 Å². The van der Waals surface area contributed by atoms with Crippen LogP contribution in [-0.2, 0) is 0 Å². The van der Waals surface area contributed by atoms with E-state index in [9.17, 15) is 9.59 Å². The number of nitrogens with one attached hydrogen (secondary N) is 1. The molecule has 6 heteroatoms. The van der Waals surface area contributed by atoms with Crippen LogP contribution in [0.2, 0.25) is 0 Å². The van der Waals surface area contributed by atoms with E-state index >= 15 is 0 Å². The Kier molecular flexibility index (Phi) is 3.57. The summed E-state index contributed by atoms with van der Waals surface area (Å²) in [5, 5.41) is 0.555. The molecule has 21 heavy (non-hydrogen) atoms. The average Bonchev–Trinajstić information content (AvgIpc) is 2.75. The van der Waals surface area contributed by atoms with Gasteiger partial charge in [0.25, 0.3) is 11.5 Å². The highest BCUT2D eigenvalue weighted by molar-refractivity contribution is 7.20. The number of rotatable bonds is 1. The number of hydrogen-bond donors (Lipinski definition) is 1. The Hall–Kier alpha value is -1.69. The number of hydrogen-bond acceptors (Lipinski definition) is 4. The van der Waals surface area contributed by atoms with Crippen molar-refractivity contribution in [3.8, 4) is 0 Å². The Morgan fingerprint density at radius 2 is 2.19 bits per heavy atom. The first-order valence-corrected chi connectivity index (χ1v) is 8.08. The largest absolute Gasteiger partial charge is 0.338 e. The molecule has 0 saturated carbocycles. The predicted octanol–water partition coefficient (Wildman–Crippen LogP) is 2.47. The van der Waals surface area contributed by atoms with Crippen molar-refractivity contribution in [2.75, 3.05) is 13.1 Å². The normalized spacial score (nSPS) is 19.2. The van der Waals surface area contributed by atoms with Crippen molar-refractivity contribution in [1.29, 1.82) is 0 Å². The van der Waals surface area contributed by atoms with Crippen molar-refractivity contribution in [3.05, 3.63) is 26.6 Å². The van der Waals surface area contributed by atoms with Gasteiger partial charge in [-0.2, -0.15) is 0 Å². The number of amides is 1. The monoisotopic (exact) mass is 305 g/mol. The summed E-state index contributed by atoms with van der Waals surface area (Å²) >= 11 is 1.33. The van der Waals surface area contributed by atoms with E-state index in [-0.39, 0.29) is 11.5 Å². The topological polar surface area (TPSA) is 66.1 Å². The summed E-state index contributed by atoms with van der Waals surface area (Å²) in [5.41, 5.74) is 0.601. The summed E-state index contributed by atoms with van der Waals surface area (Å²) in [7, 11) is 0. The van der Waals surface area contributed by atoms with Gasteiger partial charge in [-0.15, -0.1) is 11.3 Å². The second-order valence-electron chi connectivity index (χ2n) is 5.89. The second kappa shape index (κ2) is 5.26. The van der Waals surface area contributed by atoms with Gasteiger partial charge in [-0.05, 0) is 38.2 Å². The van der Waals surface area contributed by atoms with E-state index in [1.165, 1.54) is 17.8 Å². The Balaban J connectivity index is 2.04. The van der Waals surface area contributed by atoms with Gasteiger partial charge in [0.15, 0.2) is 0 Å². The molecule has 1 amide bonds. The molecule has 1 aliphatic rings. The van der Waals surface area contributed by atoms with Crippen LogP contribution in [0.15, 0.2) is 4.79 Å². The number of aromatic nitrogens is 2. The molecular weight excluding hydrogens is 286 g/mol. The summed E-state index contributed by atoms with van der Waals surface area (Å²) < 4.78 is 0. The van der Waals surface area contributed by atoms with Crippen molar-refractivity contribution < 1.29 is 4.79 Å². The molecule has 0 aromatic carbocycles. The number of nitrogens with zero attached hydrogens (tertiary/aromatic N) is 2. The molecule has 0 bridgehead atoms. The molecule has 3 heterocycles. The molecule has 2 aromatic rings. The maximum absolute atomic E-state index is 12.7. The molecule has 1 unspecified atom stereocenters. The number of aromatic amines is 1. The molecule has 1 N–H and O–H groups in total. The third-order valence-corrected chi connectivity index (χ3v) is 5.23. The first-order chi connectivity index (χ1) is 9.97. The zero-order chi connectivity index (χ0) is 15.1. The lowest BCUT2D eigenvalue weighted by molar-refractivity contribution is 0.0687. The molecule has 5 nitrogen and oxygen atoms in total. The lowest BCUT2D eigenvalue weighted by atomic mass is 10.00. The van der Waals surface area contributed by atoms with Gasteiger partial charge >= 0.3 is 0 Å². The molecule has 112 valence electrons. The van der Waals surface area contributed by atoms with E-state index in [1.54, 1.807) is 6.92 Å². The molecule has 0 radical (unpaired) electrons. The first-order valence-electron chi connectivity index (χ1n) is 7.26. The van der Waals surface area contributed by atoms with Crippen LogP contribution in [0, 0.1) is 19.8 Å². The summed E-state index contributed by atoms with van der Waals surface area (Å²) in [6.45, 7) is 7.37. The molecule has 0 aliphatic carbocycles. The van der Waals surface area contributed by atoms with Crippen molar-refractivity contribution in [2.45, 2.75) is 33.6 Å². The minimum atomic E-state index is -0.155. The molecule has 3 rings (SSSR count). The highest BCUT2D eigenvalue weighted by atomic mass is 32.1.